The first kappa shape index (κ1) is 13.4. The smallest absolute Gasteiger partial charge is 0.408 e. The molecule has 9 heteroatoms. The number of rotatable bonds is 4. The summed E-state index contributed by atoms with van der Waals surface area (Å²) >= 11 is 0. The molecule has 0 atom stereocenters. The number of nitrogens with zero attached hydrogens (tertiary/aromatic N) is 1. The van der Waals surface area contributed by atoms with Crippen LogP contribution in [-0.4, -0.2) is 23.4 Å². The number of aromatic amines is 2. The molecule has 0 spiro atoms. The van der Waals surface area contributed by atoms with Crippen LogP contribution in [0.3, 0.4) is 0 Å². The van der Waals surface area contributed by atoms with Crippen molar-refractivity contribution in [3.8, 4) is 0 Å². The van der Waals surface area contributed by atoms with Gasteiger partial charge in [-0.2, -0.15) is 8.42 Å². The van der Waals surface area contributed by atoms with Gasteiger partial charge in [-0.1, -0.05) is 6.92 Å². The average Bonchev–Trinajstić information content (AvgIpc) is 3.03. The van der Waals surface area contributed by atoms with Crippen molar-refractivity contribution in [1.29, 1.82) is 0 Å². The number of hydrogen-bond donors (Lipinski definition) is 3. The molecule has 2 aromatic heterocycles. The second kappa shape index (κ2) is 4.77. The third kappa shape index (κ3) is 2.55. The number of H-pyrrole nitrogens is 2. The highest BCUT2D eigenvalue weighted by atomic mass is 32.2. The van der Waals surface area contributed by atoms with Gasteiger partial charge in [-0.05, 0) is 18.2 Å². The Labute approximate surface area is 119 Å². The number of hydrogen-bond acceptors (Lipinski definition) is 5. The maximum Gasteiger partial charge on any atom is 0.417 e. The molecule has 110 valence electrons. The van der Waals surface area contributed by atoms with Crippen molar-refractivity contribution in [1.82, 2.24) is 15.0 Å². The van der Waals surface area contributed by atoms with Gasteiger partial charge in [-0.15, -0.1) is 0 Å². The van der Waals surface area contributed by atoms with E-state index in [1.165, 1.54) is 24.4 Å². The maximum atomic E-state index is 12.2. The zero-order chi connectivity index (χ0) is 15.0. The molecule has 0 bridgehead atoms. The number of aryl methyl sites for hydroxylation is 1. The summed E-state index contributed by atoms with van der Waals surface area (Å²) in [7, 11) is -3.76. The highest BCUT2D eigenvalue weighted by Crippen LogP contribution is 2.19. The number of fused-ring (bicyclic) bond motifs is 1. The Morgan fingerprint density at radius 2 is 2.14 bits per heavy atom. The van der Waals surface area contributed by atoms with E-state index in [0.29, 0.717) is 29.0 Å². The second-order valence-electron chi connectivity index (χ2n) is 4.38. The Balaban J connectivity index is 1.94. The standard InChI is InChI=1S/C12H12N4O4S/c1-2-10-13-6-11(15-10)21(18,19)16-7-3-4-9-8(5-7)14-12(17)20-9/h3-6,16H,2H2,1H3,(H,13,15)(H,14,17). The maximum absolute atomic E-state index is 12.2. The summed E-state index contributed by atoms with van der Waals surface area (Å²) in [4.78, 5) is 20.2. The highest BCUT2D eigenvalue weighted by Gasteiger charge is 2.17. The first-order chi connectivity index (χ1) is 9.98. The molecule has 0 amide bonds. The molecule has 3 rings (SSSR count). The Bertz CT molecular complexity index is 951. The minimum absolute atomic E-state index is 0.0138. The lowest BCUT2D eigenvalue weighted by Crippen LogP contribution is -2.13. The lowest BCUT2D eigenvalue weighted by atomic mass is 10.3. The SMILES string of the molecule is CCc1ncc(S(=O)(=O)Nc2ccc3oc(=O)[nH]c3c2)[nH]1. The van der Waals surface area contributed by atoms with E-state index in [4.69, 9.17) is 4.42 Å². The van der Waals surface area contributed by atoms with Gasteiger partial charge in [0.1, 0.15) is 5.82 Å². The molecular formula is C12H12N4O4S. The number of sulfonamides is 1. The van der Waals surface area contributed by atoms with Gasteiger partial charge in [-0.25, -0.2) is 9.78 Å². The summed E-state index contributed by atoms with van der Waals surface area (Å²) in [5, 5.41) is -0.0138. The molecule has 0 fully saturated rings. The van der Waals surface area contributed by atoms with Gasteiger partial charge in [0.05, 0.1) is 17.4 Å². The Morgan fingerprint density at radius 3 is 2.86 bits per heavy atom. The molecule has 8 nitrogen and oxygen atoms in total. The van der Waals surface area contributed by atoms with Gasteiger partial charge in [0.2, 0.25) is 0 Å². The van der Waals surface area contributed by atoms with E-state index in [9.17, 15) is 13.2 Å². The van der Waals surface area contributed by atoms with Crippen LogP contribution < -0.4 is 10.5 Å². The van der Waals surface area contributed by atoms with Crippen LogP contribution in [0.15, 0.2) is 38.6 Å². The molecule has 3 aromatic rings. The lowest BCUT2D eigenvalue weighted by Gasteiger charge is -2.05. The second-order valence-corrected chi connectivity index (χ2v) is 6.03. The Kier molecular flexibility index (Phi) is 3.05. The van der Waals surface area contributed by atoms with E-state index in [0.717, 1.165) is 0 Å². The van der Waals surface area contributed by atoms with E-state index >= 15 is 0 Å². The first-order valence-corrected chi connectivity index (χ1v) is 7.66. The number of anilines is 1. The zero-order valence-corrected chi connectivity index (χ0v) is 11.8. The van der Waals surface area contributed by atoms with Crippen molar-refractivity contribution in [2.45, 2.75) is 18.4 Å². The minimum atomic E-state index is -3.76. The quantitative estimate of drug-likeness (QED) is 0.669. The molecule has 1 aromatic carbocycles. The summed E-state index contributed by atoms with van der Waals surface area (Å²) in [6.45, 7) is 1.87. The normalized spacial score (nSPS) is 11.9. The zero-order valence-electron chi connectivity index (χ0n) is 11.0. The number of oxazole rings is 1. The molecule has 21 heavy (non-hydrogen) atoms. The van der Waals surface area contributed by atoms with Gasteiger partial charge in [0, 0.05) is 6.42 Å². The molecule has 0 radical (unpaired) electrons. The molecule has 3 N–H and O–H groups in total. The fourth-order valence-corrected chi connectivity index (χ4v) is 2.88. The molecular weight excluding hydrogens is 296 g/mol. The van der Waals surface area contributed by atoms with Crippen LogP contribution in [0.5, 0.6) is 0 Å². The van der Waals surface area contributed by atoms with Gasteiger partial charge >= 0.3 is 5.76 Å². The van der Waals surface area contributed by atoms with Gasteiger partial charge < -0.3 is 9.40 Å². The van der Waals surface area contributed by atoms with Crippen LogP contribution >= 0.6 is 0 Å². The fourth-order valence-electron chi connectivity index (χ4n) is 1.89. The minimum Gasteiger partial charge on any atom is -0.408 e. The average molecular weight is 308 g/mol. The third-order valence-corrected chi connectivity index (χ3v) is 4.19. The van der Waals surface area contributed by atoms with Gasteiger partial charge in [0.25, 0.3) is 10.0 Å². The van der Waals surface area contributed by atoms with E-state index in [1.54, 1.807) is 0 Å². The van der Waals surface area contributed by atoms with Gasteiger partial charge in [0.15, 0.2) is 10.6 Å². The molecule has 0 aliphatic carbocycles. The van der Waals surface area contributed by atoms with Crippen molar-refractivity contribution in [2.24, 2.45) is 0 Å². The molecule has 0 unspecified atom stereocenters. The monoisotopic (exact) mass is 308 g/mol. The number of imidazole rings is 1. The predicted octanol–water partition coefficient (Wildman–Crippen LogP) is 1.21. The summed E-state index contributed by atoms with van der Waals surface area (Å²) in [5.41, 5.74) is 1.09. The van der Waals surface area contributed by atoms with Crippen molar-refractivity contribution in [3.63, 3.8) is 0 Å². The largest absolute Gasteiger partial charge is 0.417 e. The highest BCUT2D eigenvalue weighted by molar-refractivity contribution is 7.92. The first-order valence-electron chi connectivity index (χ1n) is 6.17. The van der Waals surface area contributed by atoms with Crippen molar-refractivity contribution in [2.75, 3.05) is 4.72 Å². The van der Waals surface area contributed by atoms with E-state index in [2.05, 4.69) is 19.7 Å². The summed E-state index contributed by atoms with van der Waals surface area (Å²) in [5.74, 6) is -0.00356. The summed E-state index contributed by atoms with van der Waals surface area (Å²) < 4.78 is 31.7. The molecule has 0 saturated heterocycles. The Hall–Kier alpha value is -2.55. The van der Waals surface area contributed by atoms with Crippen LogP contribution in [0.2, 0.25) is 0 Å². The van der Waals surface area contributed by atoms with Crippen molar-refractivity contribution in [3.05, 3.63) is 40.8 Å². The molecule has 0 aliphatic rings. The van der Waals surface area contributed by atoms with Crippen molar-refractivity contribution < 1.29 is 12.8 Å². The Morgan fingerprint density at radius 1 is 1.33 bits per heavy atom. The number of benzene rings is 1. The summed E-state index contributed by atoms with van der Waals surface area (Å²) in [6.07, 6.45) is 1.87. The third-order valence-electron chi connectivity index (χ3n) is 2.90. The van der Waals surface area contributed by atoms with Crippen LogP contribution in [-0.2, 0) is 16.4 Å². The van der Waals surface area contributed by atoms with Crippen LogP contribution in [0.25, 0.3) is 11.1 Å². The predicted molar refractivity (Wildman–Crippen MR) is 75.6 cm³/mol. The van der Waals surface area contributed by atoms with Crippen molar-refractivity contribution >= 4 is 26.8 Å². The van der Waals surface area contributed by atoms with Crippen LogP contribution in [0.4, 0.5) is 5.69 Å². The fraction of sp³-hybridized carbons (Fsp3) is 0.167. The molecule has 0 saturated carbocycles. The van der Waals surface area contributed by atoms with Crippen LogP contribution in [0.1, 0.15) is 12.7 Å². The van der Waals surface area contributed by atoms with Gasteiger partial charge in [-0.3, -0.25) is 9.71 Å². The number of aromatic nitrogens is 3. The van der Waals surface area contributed by atoms with Crippen LogP contribution in [0, 0.1) is 0 Å². The summed E-state index contributed by atoms with van der Waals surface area (Å²) in [6, 6.07) is 4.50. The topological polar surface area (TPSA) is 121 Å². The van der Waals surface area contributed by atoms with E-state index in [1.807, 2.05) is 6.92 Å². The molecule has 2 heterocycles. The lowest BCUT2D eigenvalue weighted by molar-refractivity contribution is 0.555. The number of nitrogens with one attached hydrogen (secondary N) is 3. The van der Waals surface area contributed by atoms with E-state index in [-0.39, 0.29) is 5.03 Å². The molecule has 0 aliphatic heterocycles. The van der Waals surface area contributed by atoms with E-state index < -0.39 is 15.8 Å².